The van der Waals surface area contributed by atoms with E-state index in [0.29, 0.717) is 5.02 Å². The van der Waals surface area contributed by atoms with Gasteiger partial charge < -0.3 is 5.11 Å². The van der Waals surface area contributed by atoms with E-state index in [-0.39, 0.29) is 5.75 Å². The van der Waals surface area contributed by atoms with Crippen molar-refractivity contribution in [1.29, 1.82) is 0 Å². The lowest BCUT2D eigenvalue weighted by Crippen LogP contribution is -2.38. The van der Waals surface area contributed by atoms with Gasteiger partial charge in [-0.25, -0.2) is 0 Å². The van der Waals surface area contributed by atoms with E-state index in [1.807, 2.05) is 13.8 Å². The molecular formula is C32H28ClOP. The van der Waals surface area contributed by atoms with Crippen molar-refractivity contribution < 1.29 is 5.11 Å². The first-order chi connectivity index (χ1) is 17.0. The van der Waals surface area contributed by atoms with Crippen LogP contribution in [-0.4, -0.2) is 0 Å². The minimum atomic E-state index is -1.91. The van der Waals surface area contributed by atoms with E-state index in [4.69, 9.17) is 11.6 Å². The van der Waals surface area contributed by atoms with Crippen LogP contribution in [0.3, 0.4) is 0 Å². The minimum Gasteiger partial charge on any atom is -0.872 e. The Morgan fingerprint density at radius 3 is 1.00 bits per heavy atom. The standard InChI is InChI=1S/C24H20P.C8H9ClO/c1-5-13-21(14-6-1)25(22-15-7-2-8-16-22,23-17-9-3-10-18-23)24-19-11-4-12-20-24;1-5-3-7(10)4-6(2)8(5)9/h1-20H;3-4,10H,1-2H3/q+1;/p-1. The summed E-state index contributed by atoms with van der Waals surface area (Å²) in [5.74, 6) is 0.0272. The van der Waals surface area contributed by atoms with Gasteiger partial charge in [0.15, 0.2) is 0 Å². The molecule has 174 valence electrons. The van der Waals surface area contributed by atoms with Crippen molar-refractivity contribution >= 4 is 40.1 Å². The molecule has 5 aromatic carbocycles. The molecule has 0 amide bonds. The fraction of sp³-hybridized carbons (Fsp3) is 0.0625. The molecule has 0 fully saturated rings. The largest absolute Gasteiger partial charge is 0.872 e. The van der Waals surface area contributed by atoms with Crippen LogP contribution in [0.25, 0.3) is 0 Å². The SMILES string of the molecule is Cc1cc([O-])cc(C)c1Cl.c1ccc([P+](c2ccccc2)(c2ccccc2)c2ccccc2)cc1. The van der Waals surface area contributed by atoms with Gasteiger partial charge in [0.05, 0.1) is 0 Å². The van der Waals surface area contributed by atoms with E-state index < -0.39 is 7.26 Å². The van der Waals surface area contributed by atoms with Gasteiger partial charge >= 0.3 is 0 Å². The van der Waals surface area contributed by atoms with E-state index in [2.05, 4.69) is 121 Å². The van der Waals surface area contributed by atoms with Crippen molar-refractivity contribution in [3.8, 4) is 5.75 Å². The maximum absolute atomic E-state index is 10.8. The predicted octanol–water partition coefficient (Wildman–Crippen LogP) is 6.34. The van der Waals surface area contributed by atoms with Crippen LogP contribution in [0.15, 0.2) is 133 Å². The normalized spacial score (nSPS) is 10.8. The summed E-state index contributed by atoms with van der Waals surface area (Å²) in [5.41, 5.74) is 1.71. The molecule has 0 spiro atoms. The van der Waals surface area contributed by atoms with E-state index in [0.717, 1.165) is 11.1 Å². The summed E-state index contributed by atoms with van der Waals surface area (Å²) in [6.07, 6.45) is 0. The molecular weight excluding hydrogens is 467 g/mol. The molecule has 0 aliphatic heterocycles. The van der Waals surface area contributed by atoms with Crippen LogP contribution in [0.5, 0.6) is 5.75 Å². The molecule has 0 aliphatic carbocycles. The van der Waals surface area contributed by atoms with Crippen LogP contribution in [-0.2, 0) is 0 Å². The third-order valence-corrected chi connectivity index (χ3v) is 10.9. The monoisotopic (exact) mass is 494 g/mol. The van der Waals surface area contributed by atoms with Gasteiger partial charge in [-0.15, -0.1) is 5.75 Å². The summed E-state index contributed by atoms with van der Waals surface area (Å²) in [4.78, 5) is 0. The first-order valence-corrected chi connectivity index (χ1v) is 13.8. The summed E-state index contributed by atoms with van der Waals surface area (Å²) in [6.45, 7) is 3.66. The molecule has 3 heteroatoms. The van der Waals surface area contributed by atoms with Gasteiger partial charge in [-0.05, 0) is 73.5 Å². The Kier molecular flexibility index (Phi) is 8.03. The molecule has 35 heavy (non-hydrogen) atoms. The third-order valence-electron chi connectivity index (χ3n) is 5.98. The summed E-state index contributed by atoms with van der Waals surface area (Å²) in [5, 5.41) is 17.0. The molecule has 0 unspecified atom stereocenters. The molecule has 0 saturated heterocycles. The van der Waals surface area contributed by atoms with Gasteiger partial charge in [0.1, 0.15) is 28.5 Å². The summed E-state index contributed by atoms with van der Waals surface area (Å²) in [6, 6.07) is 46.9. The molecule has 0 heterocycles. The number of halogens is 1. The molecule has 0 bridgehead atoms. The highest BCUT2D eigenvalue weighted by Crippen LogP contribution is 2.53. The molecule has 0 radical (unpaired) electrons. The van der Waals surface area contributed by atoms with Gasteiger partial charge in [-0.2, -0.15) is 0 Å². The lowest BCUT2D eigenvalue weighted by atomic mass is 10.1. The van der Waals surface area contributed by atoms with Crippen molar-refractivity contribution in [2.75, 3.05) is 0 Å². The second kappa shape index (κ2) is 11.4. The lowest BCUT2D eigenvalue weighted by molar-refractivity contribution is -0.268. The molecule has 0 N–H and O–H groups in total. The van der Waals surface area contributed by atoms with Crippen LogP contribution < -0.4 is 26.3 Å². The first-order valence-electron chi connectivity index (χ1n) is 11.6. The smallest absolute Gasteiger partial charge is 0.144 e. The summed E-state index contributed by atoms with van der Waals surface area (Å²) < 4.78 is 0. The van der Waals surface area contributed by atoms with Gasteiger partial charge in [0, 0.05) is 5.02 Å². The second-order valence-corrected chi connectivity index (χ2v) is 12.2. The molecule has 0 aromatic heterocycles. The first kappa shape index (κ1) is 24.7. The number of hydrogen-bond acceptors (Lipinski definition) is 1. The lowest BCUT2D eigenvalue weighted by Gasteiger charge is -2.27. The average Bonchev–Trinajstić information content (AvgIpc) is 2.91. The van der Waals surface area contributed by atoms with Crippen LogP contribution in [0.2, 0.25) is 5.02 Å². The van der Waals surface area contributed by atoms with Gasteiger partial charge in [-0.3, -0.25) is 0 Å². The number of aryl methyl sites for hydroxylation is 2. The highest BCUT2D eigenvalue weighted by Gasteiger charge is 2.47. The Labute approximate surface area is 214 Å². The summed E-state index contributed by atoms with van der Waals surface area (Å²) >= 11 is 5.81. The Balaban J connectivity index is 0.000000243. The molecule has 5 rings (SSSR count). The predicted molar refractivity (Wildman–Crippen MR) is 152 cm³/mol. The van der Waals surface area contributed by atoms with E-state index in [1.165, 1.54) is 33.4 Å². The number of rotatable bonds is 4. The third kappa shape index (κ3) is 5.33. The maximum Gasteiger partial charge on any atom is 0.144 e. The zero-order chi connectivity index (χ0) is 24.7. The van der Waals surface area contributed by atoms with Crippen LogP contribution >= 0.6 is 18.9 Å². The van der Waals surface area contributed by atoms with Crippen molar-refractivity contribution in [3.63, 3.8) is 0 Å². The molecule has 5 aromatic rings. The average molecular weight is 495 g/mol. The zero-order valence-electron chi connectivity index (χ0n) is 19.9. The van der Waals surface area contributed by atoms with E-state index >= 15 is 0 Å². The number of benzene rings is 5. The molecule has 0 atom stereocenters. The van der Waals surface area contributed by atoms with E-state index in [9.17, 15) is 5.11 Å². The Hall–Kier alpha value is -3.38. The van der Waals surface area contributed by atoms with Crippen molar-refractivity contribution in [2.24, 2.45) is 0 Å². The summed E-state index contributed by atoms with van der Waals surface area (Å²) in [7, 11) is -1.91. The Bertz CT molecular complexity index is 1170. The van der Waals surface area contributed by atoms with Crippen LogP contribution in [0, 0.1) is 13.8 Å². The van der Waals surface area contributed by atoms with Crippen LogP contribution in [0.4, 0.5) is 0 Å². The number of hydrogen-bond donors (Lipinski definition) is 0. The second-order valence-electron chi connectivity index (χ2n) is 8.38. The van der Waals surface area contributed by atoms with Crippen LogP contribution in [0.1, 0.15) is 11.1 Å². The van der Waals surface area contributed by atoms with Gasteiger partial charge in [-0.1, -0.05) is 96.5 Å². The molecule has 1 nitrogen and oxygen atoms in total. The van der Waals surface area contributed by atoms with Gasteiger partial charge in [0.2, 0.25) is 0 Å². The fourth-order valence-electron chi connectivity index (χ4n) is 4.41. The topological polar surface area (TPSA) is 23.1 Å². The van der Waals surface area contributed by atoms with Crippen molar-refractivity contribution in [3.05, 3.63) is 150 Å². The quantitative estimate of drug-likeness (QED) is 0.267. The highest BCUT2D eigenvalue weighted by molar-refractivity contribution is 8.01. The van der Waals surface area contributed by atoms with E-state index in [1.54, 1.807) is 0 Å². The minimum absolute atomic E-state index is 0.0272. The zero-order valence-corrected chi connectivity index (χ0v) is 21.6. The molecule has 0 saturated carbocycles. The van der Waals surface area contributed by atoms with Gasteiger partial charge in [0.25, 0.3) is 0 Å². The maximum atomic E-state index is 10.8. The van der Waals surface area contributed by atoms with Crippen molar-refractivity contribution in [2.45, 2.75) is 13.8 Å². The molecule has 0 aliphatic rings. The highest BCUT2D eigenvalue weighted by atomic mass is 35.5. The fourth-order valence-corrected chi connectivity index (χ4v) is 8.78. The Morgan fingerprint density at radius 1 is 0.486 bits per heavy atom. The van der Waals surface area contributed by atoms with Crippen molar-refractivity contribution in [1.82, 2.24) is 0 Å². The Morgan fingerprint density at radius 2 is 0.743 bits per heavy atom.